The van der Waals surface area contributed by atoms with Crippen LogP contribution in [0.25, 0.3) is 0 Å². The second-order valence-corrected chi connectivity index (χ2v) is 4.82. The van der Waals surface area contributed by atoms with Crippen LogP contribution in [-0.4, -0.2) is 9.88 Å². The molecule has 0 aliphatic rings. The predicted molar refractivity (Wildman–Crippen MR) is 66.6 cm³/mol. The third-order valence-corrected chi connectivity index (χ3v) is 3.38. The molecular weight excluding hydrogens is 235 g/mol. The normalized spacial score (nSPS) is 13.4. The quantitative estimate of drug-likeness (QED) is 0.713. The highest BCUT2D eigenvalue weighted by Crippen LogP contribution is 2.34. The number of nitrogens with one attached hydrogen (secondary N) is 2. The average molecular weight is 249 g/mol. The van der Waals surface area contributed by atoms with E-state index in [1.54, 1.807) is 12.3 Å². The van der Waals surface area contributed by atoms with Crippen LogP contribution >= 0.6 is 8.03 Å². The lowest BCUT2D eigenvalue weighted by atomic mass is 10.2. The Labute approximate surface area is 101 Å². The number of aromatic amines is 1. The Kier molecular flexibility index (Phi) is 4.04. The minimum atomic E-state index is -2.30. The van der Waals surface area contributed by atoms with Crippen LogP contribution in [0.2, 0.25) is 0 Å². The van der Waals surface area contributed by atoms with Crippen LogP contribution in [0, 0.1) is 0 Å². The van der Waals surface area contributed by atoms with Crippen LogP contribution in [0.1, 0.15) is 17.0 Å². The number of rotatable bonds is 5. The fourth-order valence-electron chi connectivity index (χ4n) is 1.63. The molecule has 0 saturated heterocycles. The van der Waals surface area contributed by atoms with Crippen molar-refractivity contribution in [2.24, 2.45) is 0 Å². The number of hydrogen-bond acceptors (Lipinski definition) is 2. The molecule has 0 amide bonds. The molecule has 3 N–H and O–H groups in total. The summed E-state index contributed by atoms with van der Waals surface area (Å²) in [6.45, 7) is 0.562. The maximum Gasteiger partial charge on any atom is 0.531 e. The minimum absolute atomic E-state index is 0.555. The van der Waals surface area contributed by atoms with Crippen molar-refractivity contribution in [2.45, 2.75) is 12.3 Å². The predicted octanol–water partition coefficient (Wildman–Crippen LogP) is 2.54. The van der Waals surface area contributed by atoms with Crippen molar-refractivity contribution >= 4 is 8.03 Å². The molecule has 0 bridgehead atoms. The summed E-state index contributed by atoms with van der Waals surface area (Å²) in [5, 5.41) is 3.07. The van der Waals surface area contributed by atoms with Crippen molar-refractivity contribution in [2.75, 3.05) is 0 Å². The molecule has 1 aromatic heterocycles. The van der Waals surface area contributed by atoms with Crippen molar-refractivity contribution in [3.05, 3.63) is 59.9 Å². The Bertz CT molecular complexity index is 471. The van der Waals surface area contributed by atoms with Gasteiger partial charge < -0.3 is 4.98 Å². The van der Waals surface area contributed by atoms with E-state index in [9.17, 15) is 9.46 Å². The van der Waals surface area contributed by atoms with Crippen molar-refractivity contribution < 1.29 is 9.46 Å². The molecule has 4 nitrogen and oxygen atoms in total. The molecule has 2 rings (SSSR count). The van der Waals surface area contributed by atoms with Gasteiger partial charge in [-0.25, -0.2) is 0 Å². The maximum atomic E-state index is 11.3. The first-order valence-electron chi connectivity index (χ1n) is 5.33. The van der Waals surface area contributed by atoms with Gasteiger partial charge in [0, 0.05) is 12.7 Å². The van der Waals surface area contributed by atoms with E-state index >= 15 is 0 Å². The highest BCUT2D eigenvalue weighted by atomic mass is 31.1. The van der Waals surface area contributed by atoms with E-state index in [2.05, 4.69) is 10.3 Å². The zero-order chi connectivity index (χ0) is 12.1. The van der Waals surface area contributed by atoms with Crippen LogP contribution in [0.3, 0.4) is 0 Å². The Balaban J connectivity index is 2.03. The Morgan fingerprint density at radius 1 is 1.24 bits per heavy atom. The molecule has 0 spiro atoms. The standard InChI is InChI=1S/C12H13N2O2P/c15-17(16)12(11-7-4-8-13-11)14-9-10-5-2-1-3-6-10/h1-8,12-14H,9H2/p+1. The average Bonchev–Trinajstić information content (AvgIpc) is 2.84. The number of hydrogen-bond donors (Lipinski definition) is 3. The topological polar surface area (TPSA) is 65.1 Å². The van der Waals surface area contributed by atoms with E-state index in [1.165, 1.54) is 0 Å². The van der Waals surface area contributed by atoms with Gasteiger partial charge in [0.25, 0.3) is 5.78 Å². The minimum Gasteiger partial charge on any atom is -0.360 e. The summed E-state index contributed by atoms with van der Waals surface area (Å²) < 4.78 is 11.3. The highest BCUT2D eigenvalue weighted by molar-refractivity contribution is 7.38. The summed E-state index contributed by atoms with van der Waals surface area (Å²) in [6, 6.07) is 13.4. The number of H-pyrrole nitrogens is 1. The van der Waals surface area contributed by atoms with Crippen molar-refractivity contribution in [3.63, 3.8) is 0 Å². The summed E-state index contributed by atoms with van der Waals surface area (Å²) >= 11 is 0. The molecule has 1 heterocycles. The van der Waals surface area contributed by atoms with Gasteiger partial charge in [0.1, 0.15) is 0 Å². The van der Waals surface area contributed by atoms with Crippen molar-refractivity contribution in [3.8, 4) is 0 Å². The molecule has 17 heavy (non-hydrogen) atoms. The van der Waals surface area contributed by atoms with Crippen LogP contribution in [0.15, 0.2) is 48.7 Å². The van der Waals surface area contributed by atoms with E-state index in [-0.39, 0.29) is 0 Å². The van der Waals surface area contributed by atoms with Gasteiger partial charge in [0.15, 0.2) is 0 Å². The van der Waals surface area contributed by atoms with Gasteiger partial charge in [-0.2, -0.15) is 4.89 Å². The Hall–Kier alpha value is -1.48. The molecule has 0 fully saturated rings. The van der Waals surface area contributed by atoms with Gasteiger partial charge >= 0.3 is 8.03 Å². The third-order valence-electron chi connectivity index (χ3n) is 2.48. The van der Waals surface area contributed by atoms with Gasteiger partial charge in [0.2, 0.25) is 0 Å². The molecule has 0 radical (unpaired) electrons. The zero-order valence-corrected chi connectivity index (χ0v) is 10.1. The van der Waals surface area contributed by atoms with E-state index in [1.807, 2.05) is 36.4 Å². The van der Waals surface area contributed by atoms with Crippen molar-refractivity contribution in [1.29, 1.82) is 0 Å². The van der Waals surface area contributed by atoms with Gasteiger partial charge in [-0.15, -0.1) is 0 Å². The fraction of sp³-hybridized carbons (Fsp3) is 0.167. The summed E-state index contributed by atoms with van der Waals surface area (Å²) in [5.41, 5.74) is 1.81. The smallest absolute Gasteiger partial charge is 0.360 e. The SMILES string of the molecule is O=[P+](O)C(NCc1ccccc1)c1ccc[nH]1. The first-order chi connectivity index (χ1) is 8.27. The largest absolute Gasteiger partial charge is 0.531 e. The number of benzene rings is 1. The van der Waals surface area contributed by atoms with E-state index < -0.39 is 13.8 Å². The van der Waals surface area contributed by atoms with E-state index in [0.29, 0.717) is 6.54 Å². The summed E-state index contributed by atoms with van der Waals surface area (Å²) in [5.74, 6) is -0.555. The fourth-order valence-corrected chi connectivity index (χ4v) is 2.28. The molecule has 0 aliphatic heterocycles. The molecule has 0 aliphatic carbocycles. The first kappa shape index (κ1) is 12.0. The van der Waals surface area contributed by atoms with Gasteiger partial charge in [-0.05, 0) is 22.3 Å². The maximum absolute atomic E-state index is 11.3. The van der Waals surface area contributed by atoms with E-state index in [4.69, 9.17) is 0 Å². The molecule has 88 valence electrons. The summed E-state index contributed by atoms with van der Waals surface area (Å²) in [7, 11) is -2.30. The number of aromatic nitrogens is 1. The van der Waals surface area contributed by atoms with Crippen LogP contribution < -0.4 is 5.32 Å². The van der Waals surface area contributed by atoms with Gasteiger partial charge in [0.05, 0.1) is 5.69 Å². The first-order valence-corrected chi connectivity index (χ1v) is 6.61. The third kappa shape index (κ3) is 3.24. The Morgan fingerprint density at radius 2 is 2.00 bits per heavy atom. The van der Waals surface area contributed by atoms with Crippen LogP contribution in [-0.2, 0) is 11.1 Å². The molecular formula is C12H14N2O2P+. The lowest BCUT2D eigenvalue weighted by Gasteiger charge is -2.06. The highest BCUT2D eigenvalue weighted by Gasteiger charge is 2.31. The second kappa shape index (κ2) is 5.73. The molecule has 1 aromatic carbocycles. The zero-order valence-electron chi connectivity index (χ0n) is 9.21. The monoisotopic (exact) mass is 249 g/mol. The second-order valence-electron chi connectivity index (χ2n) is 3.70. The van der Waals surface area contributed by atoms with E-state index in [0.717, 1.165) is 11.3 Å². The lowest BCUT2D eigenvalue weighted by molar-refractivity contribution is 0.472. The molecule has 5 heteroatoms. The van der Waals surface area contributed by atoms with Gasteiger partial charge in [-0.3, -0.25) is 5.32 Å². The van der Waals surface area contributed by atoms with Crippen LogP contribution in [0.5, 0.6) is 0 Å². The molecule has 2 aromatic rings. The molecule has 2 atom stereocenters. The Morgan fingerprint density at radius 3 is 2.59 bits per heavy atom. The lowest BCUT2D eigenvalue weighted by Crippen LogP contribution is -2.18. The summed E-state index contributed by atoms with van der Waals surface area (Å²) in [4.78, 5) is 12.2. The summed E-state index contributed by atoms with van der Waals surface area (Å²) in [6.07, 6.45) is 1.74. The van der Waals surface area contributed by atoms with Crippen LogP contribution in [0.4, 0.5) is 0 Å². The van der Waals surface area contributed by atoms with Crippen molar-refractivity contribution in [1.82, 2.24) is 10.3 Å². The molecule has 0 saturated carbocycles. The molecule has 2 unspecified atom stereocenters. The van der Waals surface area contributed by atoms with Gasteiger partial charge in [-0.1, -0.05) is 30.3 Å².